The molecule has 0 saturated carbocycles. The molecule has 5 rings (SSSR count). The van der Waals surface area contributed by atoms with Crippen LogP contribution in [0.5, 0.6) is 0 Å². The number of para-hydroxylation sites is 3. The predicted molar refractivity (Wildman–Crippen MR) is 117 cm³/mol. The Bertz CT molecular complexity index is 1250. The molecule has 0 amide bonds. The number of fused-ring (bicyclic) bond motifs is 1. The first-order valence-corrected chi connectivity index (χ1v) is 9.51. The molecule has 0 spiro atoms. The quantitative estimate of drug-likeness (QED) is 0.351. The van der Waals surface area contributed by atoms with Gasteiger partial charge in [-0.2, -0.15) is 0 Å². The molecular weight excluding hydrogens is 340 g/mol. The minimum absolute atomic E-state index is 0.975. The first-order chi connectivity index (χ1) is 13.8. The summed E-state index contributed by atoms with van der Waals surface area (Å²) in [5.74, 6) is 0.975. The number of imidazole rings is 1. The molecule has 0 atom stereocenters. The normalized spacial score (nSPS) is 11.0. The summed E-state index contributed by atoms with van der Waals surface area (Å²) in [7, 11) is 0. The third kappa shape index (κ3) is 2.71. The molecule has 5 aromatic rings. The summed E-state index contributed by atoms with van der Waals surface area (Å²) in [6.07, 6.45) is 0. The van der Waals surface area contributed by atoms with Crippen LogP contribution in [-0.2, 0) is 0 Å². The average molecular weight is 360 g/mol. The molecule has 0 aliphatic rings. The molecule has 0 saturated heterocycles. The van der Waals surface area contributed by atoms with E-state index < -0.39 is 0 Å². The number of benzene rings is 4. The van der Waals surface area contributed by atoms with Crippen LogP contribution < -0.4 is 0 Å². The highest BCUT2D eigenvalue weighted by Crippen LogP contribution is 2.34. The van der Waals surface area contributed by atoms with Crippen LogP contribution in [0, 0.1) is 6.92 Å². The monoisotopic (exact) mass is 360 g/mol. The molecule has 1 aromatic heterocycles. The van der Waals surface area contributed by atoms with Gasteiger partial charge in [0.2, 0.25) is 0 Å². The lowest BCUT2D eigenvalue weighted by Gasteiger charge is -2.14. The molecule has 1 heterocycles. The van der Waals surface area contributed by atoms with E-state index in [-0.39, 0.29) is 0 Å². The van der Waals surface area contributed by atoms with Crippen LogP contribution in [0.4, 0.5) is 0 Å². The number of nitrogens with zero attached hydrogens (tertiary/aromatic N) is 2. The predicted octanol–water partition coefficient (Wildman–Crippen LogP) is 6.67. The fourth-order valence-electron chi connectivity index (χ4n) is 3.85. The minimum atomic E-state index is 0.975. The Morgan fingerprint density at radius 2 is 1.25 bits per heavy atom. The molecule has 0 bridgehead atoms. The van der Waals surface area contributed by atoms with E-state index in [0.29, 0.717) is 0 Å². The van der Waals surface area contributed by atoms with Gasteiger partial charge >= 0.3 is 0 Å². The van der Waals surface area contributed by atoms with Crippen molar-refractivity contribution in [2.24, 2.45) is 0 Å². The molecule has 2 heteroatoms. The Hall–Kier alpha value is -3.65. The highest BCUT2D eigenvalue weighted by atomic mass is 15.1. The van der Waals surface area contributed by atoms with Gasteiger partial charge in [-0.1, -0.05) is 78.9 Å². The lowest BCUT2D eigenvalue weighted by Crippen LogP contribution is -1.99. The Kier molecular flexibility index (Phi) is 4.02. The van der Waals surface area contributed by atoms with E-state index in [4.69, 9.17) is 4.98 Å². The maximum Gasteiger partial charge on any atom is 0.146 e. The van der Waals surface area contributed by atoms with Crippen molar-refractivity contribution in [2.75, 3.05) is 0 Å². The Balaban J connectivity index is 1.80. The van der Waals surface area contributed by atoms with Crippen LogP contribution in [0.15, 0.2) is 103 Å². The molecular formula is C26H20N2. The Morgan fingerprint density at radius 3 is 2.04 bits per heavy atom. The first kappa shape index (κ1) is 16.5. The number of aromatic nitrogens is 2. The maximum atomic E-state index is 5.02. The zero-order chi connectivity index (χ0) is 18.9. The molecule has 134 valence electrons. The van der Waals surface area contributed by atoms with Crippen molar-refractivity contribution < 1.29 is 0 Å². The molecule has 0 unspecified atom stereocenters. The molecule has 2 nitrogen and oxygen atoms in total. The van der Waals surface area contributed by atoms with Gasteiger partial charge in [0, 0.05) is 11.3 Å². The van der Waals surface area contributed by atoms with Crippen molar-refractivity contribution in [1.29, 1.82) is 0 Å². The number of hydrogen-bond acceptors (Lipinski definition) is 1. The van der Waals surface area contributed by atoms with Crippen molar-refractivity contribution in [1.82, 2.24) is 9.55 Å². The Morgan fingerprint density at radius 1 is 0.607 bits per heavy atom. The van der Waals surface area contributed by atoms with Gasteiger partial charge in [-0.3, -0.25) is 4.57 Å². The third-order valence-corrected chi connectivity index (χ3v) is 5.23. The van der Waals surface area contributed by atoms with Crippen molar-refractivity contribution in [2.45, 2.75) is 6.92 Å². The summed E-state index contributed by atoms with van der Waals surface area (Å²) in [6, 6.07) is 35.8. The zero-order valence-electron chi connectivity index (χ0n) is 15.7. The number of rotatable bonds is 3. The Labute approximate surface area is 164 Å². The maximum absolute atomic E-state index is 5.02. The van der Waals surface area contributed by atoms with Crippen LogP contribution in [-0.4, -0.2) is 9.55 Å². The summed E-state index contributed by atoms with van der Waals surface area (Å²) < 4.78 is 2.26. The van der Waals surface area contributed by atoms with E-state index >= 15 is 0 Å². The van der Waals surface area contributed by atoms with E-state index in [1.54, 1.807) is 0 Å². The van der Waals surface area contributed by atoms with Gasteiger partial charge in [-0.15, -0.1) is 0 Å². The average Bonchev–Trinajstić information content (AvgIpc) is 3.14. The second kappa shape index (κ2) is 6.82. The topological polar surface area (TPSA) is 17.8 Å². The summed E-state index contributed by atoms with van der Waals surface area (Å²) in [6.45, 7) is 2.19. The van der Waals surface area contributed by atoms with Gasteiger partial charge in [0.1, 0.15) is 5.82 Å². The highest BCUT2D eigenvalue weighted by molar-refractivity contribution is 5.85. The van der Waals surface area contributed by atoms with E-state index in [1.807, 2.05) is 12.1 Å². The standard InChI is InChI=1S/C26H20N2/c1-19-22(20-11-4-2-5-12-20)15-10-16-23(19)26-27-24-17-8-9-18-25(24)28(26)21-13-6-3-7-14-21/h2-18H,1H3. The SMILES string of the molecule is Cc1c(-c2ccccc2)cccc1-c1nc2ccccc2n1-c1ccccc1. The van der Waals surface area contributed by atoms with Gasteiger partial charge in [-0.25, -0.2) is 4.98 Å². The fraction of sp³-hybridized carbons (Fsp3) is 0.0385. The van der Waals surface area contributed by atoms with E-state index in [9.17, 15) is 0 Å². The van der Waals surface area contributed by atoms with Crippen molar-refractivity contribution >= 4 is 11.0 Å². The molecule has 0 aliphatic carbocycles. The molecule has 0 aliphatic heterocycles. The molecule has 0 fully saturated rings. The van der Waals surface area contributed by atoms with Crippen LogP contribution in [0.3, 0.4) is 0 Å². The van der Waals surface area contributed by atoms with Crippen molar-refractivity contribution in [3.05, 3.63) is 109 Å². The van der Waals surface area contributed by atoms with E-state index in [2.05, 4.69) is 102 Å². The molecule has 4 aromatic carbocycles. The van der Waals surface area contributed by atoms with Crippen molar-refractivity contribution in [3.63, 3.8) is 0 Å². The summed E-state index contributed by atoms with van der Waals surface area (Å²) in [5, 5.41) is 0. The van der Waals surface area contributed by atoms with Gasteiger partial charge < -0.3 is 0 Å². The first-order valence-electron chi connectivity index (χ1n) is 9.51. The second-order valence-electron chi connectivity index (χ2n) is 6.94. The second-order valence-corrected chi connectivity index (χ2v) is 6.94. The van der Waals surface area contributed by atoms with Crippen LogP contribution in [0.25, 0.3) is 39.2 Å². The van der Waals surface area contributed by atoms with Gasteiger partial charge in [-0.05, 0) is 47.9 Å². The van der Waals surface area contributed by atoms with Crippen molar-refractivity contribution in [3.8, 4) is 28.2 Å². The minimum Gasteiger partial charge on any atom is -0.292 e. The highest BCUT2D eigenvalue weighted by Gasteiger charge is 2.17. The van der Waals surface area contributed by atoms with E-state index in [0.717, 1.165) is 28.1 Å². The van der Waals surface area contributed by atoms with Gasteiger partial charge in [0.25, 0.3) is 0 Å². The fourth-order valence-corrected chi connectivity index (χ4v) is 3.85. The summed E-state index contributed by atoms with van der Waals surface area (Å²) in [4.78, 5) is 5.02. The number of hydrogen-bond donors (Lipinski definition) is 0. The van der Waals surface area contributed by atoms with Gasteiger partial charge in [0.05, 0.1) is 11.0 Å². The lowest BCUT2D eigenvalue weighted by molar-refractivity contribution is 1.10. The smallest absolute Gasteiger partial charge is 0.146 e. The lowest BCUT2D eigenvalue weighted by atomic mass is 9.96. The molecule has 28 heavy (non-hydrogen) atoms. The zero-order valence-corrected chi connectivity index (χ0v) is 15.7. The molecule has 0 radical (unpaired) electrons. The summed E-state index contributed by atoms with van der Waals surface area (Å²) in [5.41, 5.74) is 8.10. The third-order valence-electron chi connectivity index (χ3n) is 5.23. The summed E-state index contributed by atoms with van der Waals surface area (Å²) >= 11 is 0. The van der Waals surface area contributed by atoms with Crippen LogP contribution >= 0.6 is 0 Å². The molecule has 0 N–H and O–H groups in total. The van der Waals surface area contributed by atoms with Gasteiger partial charge in [0.15, 0.2) is 0 Å². The van der Waals surface area contributed by atoms with Crippen LogP contribution in [0.2, 0.25) is 0 Å². The van der Waals surface area contributed by atoms with E-state index in [1.165, 1.54) is 16.7 Å². The largest absolute Gasteiger partial charge is 0.292 e. The van der Waals surface area contributed by atoms with Crippen LogP contribution in [0.1, 0.15) is 5.56 Å².